The smallest absolute Gasteiger partial charge is 0.368 e. The number of alkyl halides is 3. The van der Waals surface area contributed by atoms with Gasteiger partial charge in [-0.1, -0.05) is 48.2 Å². The van der Waals surface area contributed by atoms with E-state index in [9.17, 15) is 18.0 Å². The second kappa shape index (κ2) is 9.91. The third kappa shape index (κ3) is 5.90. The summed E-state index contributed by atoms with van der Waals surface area (Å²) in [5, 5.41) is 0.717. The van der Waals surface area contributed by atoms with E-state index in [0.717, 1.165) is 29.0 Å². The Labute approximate surface area is 195 Å². The van der Waals surface area contributed by atoms with Crippen LogP contribution in [0.2, 0.25) is 0 Å². The maximum Gasteiger partial charge on any atom is 0.416 e. The Kier molecular flexibility index (Phi) is 6.97. The molecule has 0 bridgehead atoms. The van der Waals surface area contributed by atoms with Crippen LogP contribution in [0.3, 0.4) is 0 Å². The SMILES string of the molecule is Cc1[nH]c(SCC(=O)N2CCN(c3cccc(C(F)(F)F)c3)CC2)nc1Cc1ccccc1. The van der Waals surface area contributed by atoms with E-state index in [1.807, 2.05) is 30.0 Å². The molecule has 0 saturated carbocycles. The molecule has 1 amide bonds. The van der Waals surface area contributed by atoms with Crippen molar-refractivity contribution in [2.75, 3.05) is 36.8 Å². The van der Waals surface area contributed by atoms with Crippen LogP contribution in [0.15, 0.2) is 59.8 Å². The van der Waals surface area contributed by atoms with E-state index in [1.54, 1.807) is 11.0 Å². The predicted molar refractivity (Wildman–Crippen MR) is 124 cm³/mol. The maximum atomic E-state index is 13.0. The number of carbonyl (C=O) groups is 1. The number of piperazine rings is 1. The number of thioether (sulfide) groups is 1. The number of anilines is 1. The number of carbonyl (C=O) groups excluding carboxylic acids is 1. The Morgan fingerprint density at radius 3 is 2.48 bits per heavy atom. The molecule has 33 heavy (non-hydrogen) atoms. The molecular weight excluding hydrogens is 449 g/mol. The number of H-pyrrole nitrogens is 1. The lowest BCUT2D eigenvalue weighted by Gasteiger charge is -2.36. The molecule has 0 atom stereocenters. The number of hydrogen-bond donors (Lipinski definition) is 1. The zero-order valence-electron chi connectivity index (χ0n) is 18.2. The minimum Gasteiger partial charge on any atom is -0.368 e. The first kappa shape index (κ1) is 23.2. The largest absolute Gasteiger partial charge is 0.416 e. The Hall–Kier alpha value is -2.94. The summed E-state index contributed by atoms with van der Waals surface area (Å²) in [6.07, 6.45) is -3.63. The van der Waals surface area contributed by atoms with Crippen molar-refractivity contribution in [3.63, 3.8) is 0 Å². The van der Waals surface area contributed by atoms with Gasteiger partial charge in [0.1, 0.15) is 0 Å². The summed E-state index contributed by atoms with van der Waals surface area (Å²) >= 11 is 1.37. The van der Waals surface area contributed by atoms with Gasteiger partial charge in [-0.3, -0.25) is 4.79 Å². The van der Waals surface area contributed by atoms with E-state index >= 15 is 0 Å². The van der Waals surface area contributed by atoms with Crippen LogP contribution in [0.5, 0.6) is 0 Å². The quantitative estimate of drug-likeness (QED) is 0.523. The van der Waals surface area contributed by atoms with Gasteiger partial charge in [-0.25, -0.2) is 4.98 Å². The molecular formula is C24H25F3N4OS. The third-order valence-corrected chi connectivity index (χ3v) is 6.54. The number of amides is 1. The van der Waals surface area contributed by atoms with Crippen LogP contribution < -0.4 is 4.90 Å². The number of imidazole rings is 1. The molecule has 1 saturated heterocycles. The van der Waals surface area contributed by atoms with Gasteiger partial charge in [-0.2, -0.15) is 13.2 Å². The first-order valence-corrected chi connectivity index (χ1v) is 11.7. The Morgan fingerprint density at radius 1 is 1.06 bits per heavy atom. The Morgan fingerprint density at radius 2 is 1.79 bits per heavy atom. The van der Waals surface area contributed by atoms with Crippen molar-refractivity contribution >= 4 is 23.4 Å². The summed E-state index contributed by atoms with van der Waals surface area (Å²) < 4.78 is 38.9. The molecule has 5 nitrogen and oxygen atoms in total. The van der Waals surface area contributed by atoms with Crippen LogP contribution in [-0.4, -0.2) is 52.7 Å². The van der Waals surface area contributed by atoms with Crippen molar-refractivity contribution in [1.82, 2.24) is 14.9 Å². The summed E-state index contributed by atoms with van der Waals surface area (Å²) in [7, 11) is 0. The highest BCUT2D eigenvalue weighted by molar-refractivity contribution is 7.99. The molecule has 3 aromatic rings. The standard InChI is InChI=1S/C24H25F3N4OS/c1-17-21(14-18-6-3-2-4-7-18)29-23(28-17)33-16-22(32)31-12-10-30(11-13-31)20-9-5-8-19(15-20)24(25,26)27/h2-9,15H,10-14,16H2,1H3,(H,28,29). The zero-order valence-corrected chi connectivity index (χ0v) is 19.0. The molecule has 0 unspecified atom stereocenters. The number of aryl methyl sites for hydroxylation is 1. The van der Waals surface area contributed by atoms with Crippen molar-refractivity contribution in [3.8, 4) is 0 Å². The average molecular weight is 475 g/mol. The number of benzene rings is 2. The summed E-state index contributed by atoms with van der Waals surface area (Å²) in [6.45, 7) is 3.93. The highest BCUT2D eigenvalue weighted by atomic mass is 32.2. The minimum absolute atomic E-state index is 0.00218. The number of nitrogens with one attached hydrogen (secondary N) is 1. The van der Waals surface area contributed by atoms with Crippen LogP contribution in [0.25, 0.3) is 0 Å². The monoisotopic (exact) mass is 474 g/mol. The molecule has 2 heterocycles. The van der Waals surface area contributed by atoms with Crippen LogP contribution in [0.1, 0.15) is 22.5 Å². The lowest BCUT2D eigenvalue weighted by molar-refractivity contribution is -0.137. The molecule has 4 rings (SSSR count). The lowest BCUT2D eigenvalue weighted by Crippen LogP contribution is -2.49. The molecule has 1 N–H and O–H groups in total. The van der Waals surface area contributed by atoms with Gasteiger partial charge in [-0.05, 0) is 30.7 Å². The first-order valence-electron chi connectivity index (χ1n) is 10.7. The Balaban J connectivity index is 1.28. The van der Waals surface area contributed by atoms with Gasteiger partial charge in [-0.15, -0.1) is 0 Å². The Bertz CT molecular complexity index is 1090. The second-order valence-corrected chi connectivity index (χ2v) is 8.94. The number of halogens is 3. The van der Waals surface area contributed by atoms with Crippen LogP contribution >= 0.6 is 11.8 Å². The molecule has 174 valence electrons. The minimum atomic E-state index is -4.36. The zero-order chi connectivity index (χ0) is 23.4. The van der Waals surface area contributed by atoms with E-state index < -0.39 is 11.7 Å². The molecule has 0 radical (unpaired) electrons. The van der Waals surface area contributed by atoms with Crippen LogP contribution in [0, 0.1) is 6.92 Å². The fourth-order valence-electron chi connectivity index (χ4n) is 3.81. The highest BCUT2D eigenvalue weighted by Crippen LogP contribution is 2.32. The molecule has 1 aliphatic rings. The number of rotatable bonds is 6. The number of aromatic amines is 1. The maximum absolute atomic E-state index is 13.0. The fraction of sp³-hybridized carbons (Fsp3) is 0.333. The number of aromatic nitrogens is 2. The van der Waals surface area contributed by atoms with E-state index in [1.165, 1.54) is 29.5 Å². The topological polar surface area (TPSA) is 52.2 Å². The fourth-order valence-corrected chi connectivity index (χ4v) is 4.65. The van der Waals surface area contributed by atoms with E-state index in [2.05, 4.69) is 22.1 Å². The third-order valence-electron chi connectivity index (χ3n) is 5.68. The van der Waals surface area contributed by atoms with Crippen molar-refractivity contribution in [1.29, 1.82) is 0 Å². The summed E-state index contributed by atoms with van der Waals surface area (Å²) in [5.41, 5.74) is 3.01. The van der Waals surface area contributed by atoms with Crippen LogP contribution in [0.4, 0.5) is 18.9 Å². The van der Waals surface area contributed by atoms with E-state index in [-0.39, 0.29) is 11.7 Å². The summed E-state index contributed by atoms with van der Waals surface area (Å²) in [6, 6.07) is 15.4. The van der Waals surface area contributed by atoms with Crippen molar-refractivity contribution in [2.24, 2.45) is 0 Å². The van der Waals surface area contributed by atoms with Gasteiger partial charge in [0.2, 0.25) is 5.91 Å². The second-order valence-electron chi connectivity index (χ2n) is 7.98. The molecule has 0 aliphatic carbocycles. The molecule has 1 aliphatic heterocycles. The molecule has 1 aromatic heterocycles. The van der Waals surface area contributed by atoms with Crippen molar-refractivity contribution < 1.29 is 18.0 Å². The van der Waals surface area contributed by atoms with E-state index in [0.29, 0.717) is 31.9 Å². The number of hydrogen-bond acceptors (Lipinski definition) is 4. The highest BCUT2D eigenvalue weighted by Gasteiger charge is 2.31. The number of nitrogens with zero attached hydrogens (tertiary/aromatic N) is 3. The summed E-state index contributed by atoms with van der Waals surface area (Å²) in [5.74, 6) is 0.267. The molecule has 1 fully saturated rings. The van der Waals surface area contributed by atoms with Gasteiger partial charge < -0.3 is 14.8 Å². The van der Waals surface area contributed by atoms with Crippen molar-refractivity contribution in [3.05, 3.63) is 77.1 Å². The van der Waals surface area contributed by atoms with Crippen molar-refractivity contribution in [2.45, 2.75) is 24.7 Å². The van der Waals surface area contributed by atoms with Gasteiger partial charge in [0.05, 0.1) is 17.0 Å². The lowest BCUT2D eigenvalue weighted by atomic mass is 10.1. The molecule has 9 heteroatoms. The molecule has 0 spiro atoms. The van der Waals surface area contributed by atoms with E-state index in [4.69, 9.17) is 0 Å². The van der Waals surface area contributed by atoms with Crippen LogP contribution in [-0.2, 0) is 17.4 Å². The summed E-state index contributed by atoms with van der Waals surface area (Å²) in [4.78, 5) is 24.2. The normalized spacial score (nSPS) is 14.5. The van der Waals surface area contributed by atoms with Gasteiger partial charge in [0.15, 0.2) is 5.16 Å². The predicted octanol–water partition coefficient (Wildman–Crippen LogP) is 4.77. The van der Waals surface area contributed by atoms with Gasteiger partial charge >= 0.3 is 6.18 Å². The van der Waals surface area contributed by atoms with Gasteiger partial charge in [0, 0.05) is 44.0 Å². The van der Waals surface area contributed by atoms with Gasteiger partial charge in [0.25, 0.3) is 0 Å². The first-order chi connectivity index (χ1) is 15.8. The molecule has 2 aromatic carbocycles. The average Bonchev–Trinajstić information content (AvgIpc) is 3.16.